The van der Waals surface area contributed by atoms with Crippen LogP contribution in [0.4, 0.5) is 0 Å². The highest BCUT2D eigenvalue weighted by Crippen LogP contribution is 2.23. The maximum absolute atomic E-state index is 5.71. The van der Waals surface area contributed by atoms with Gasteiger partial charge in [-0.25, -0.2) is 0 Å². The van der Waals surface area contributed by atoms with Crippen molar-refractivity contribution in [1.82, 2.24) is 5.32 Å². The van der Waals surface area contributed by atoms with Crippen LogP contribution < -0.4 is 15.8 Å². The van der Waals surface area contributed by atoms with E-state index in [1.54, 1.807) is 0 Å². The molecule has 0 saturated heterocycles. The van der Waals surface area contributed by atoms with Gasteiger partial charge in [-0.05, 0) is 44.1 Å². The Morgan fingerprint density at radius 2 is 2.24 bits per heavy atom. The quantitative estimate of drug-likeness (QED) is 0.726. The van der Waals surface area contributed by atoms with E-state index in [4.69, 9.17) is 10.5 Å². The molecule has 0 aliphatic carbocycles. The highest BCUT2D eigenvalue weighted by molar-refractivity contribution is 9.10. The molecule has 0 unspecified atom stereocenters. The first-order chi connectivity index (χ1) is 8.27. The van der Waals surface area contributed by atoms with Gasteiger partial charge in [0.25, 0.3) is 0 Å². The van der Waals surface area contributed by atoms with E-state index in [1.165, 1.54) is 5.56 Å². The van der Waals surface area contributed by atoms with Crippen LogP contribution in [0.25, 0.3) is 0 Å². The minimum absolute atomic E-state index is 0.727. The highest BCUT2D eigenvalue weighted by atomic mass is 79.9. The van der Waals surface area contributed by atoms with Crippen LogP contribution in [0.5, 0.6) is 5.75 Å². The second-order valence-corrected chi connectivity index (χ2v) is 4.84. The molecule has 4 heteroatoms. The first-order valence-corrected chi connectivity index (χ1v) is 6.89. The number of nitrogens with one attached hydrogen (secondary N) is 1. The molecule has 0 aromatic heterocycles. The molecule has 0 amide bonds. The predicted molar refractivity (Wildman–Crippen MR) is 75.3 cm³/mol. The summed E-state index contributed by atoms with van der Waals surface area (Å²) in [4.78, 5) is 0. The Kier molecular flexibility index (Phi) is 7.24. The first-order valence-electron chi connectivity index (χ1n) is 6.10. The van der Waals surface area contributed by atoms with Gasteiger partial charge in [0.05, 0.1) is 6.61 Å². The molecule has 1 rings (SSSR count). The van der Waals surface area contributed by atoms with Gasteiger partial charge in [-0.1, -0.05) is 22.9 Å². The Balaban J connectivity index is 2.56. The van der Waals surface area contributed by atoms with Crippen molar-refractivity contribution in [3.05, 3.63) is 28.2 Å². The van der Waals surface area contributed by atoms with Crippen molar-refractivity contribution in [1.29, 1.82) is 0 Å². The smallest absolute Gasteiger partial charge is 0.123 e. The largest absolute Gasteiger partial charge is 0.493 e. The fraction of sp³-hybridized carbons (Fsp3) is 0.538. The Labute approximate surface area is 112 Å². The summed E-state index contributed by atoms with van der Waals surface area (Å²) in [5, 5.41) is 3.37. The second-order valence-electron chi connectivity index (χ2n) is 3.92. The monoisotopic (exact) mass is 300 g/mol. The Morgan fingerprint density at radius 1 is 1.41 bits per heavy atom. The molecular weight excluding hydrogens is 280 g/mol. The molecule has 3 N–H and O–H groups in total. The van der Waals surface area contributed by atoms with E-state index < -0.39 is 0 Å². The summed E-state index contributed by atoms with van der Waals surface area (Å²) in [6.07, 6.45) is 2.02. The fourth-order valence-corrected chi connectivity index (χ4v) is 1.90. The molecule has 0 atom stereocenters. The molecular formula is C13H21BrN2O. The van der Waals surface area contributed by atoms with Gasteiger partial charge < -0.3 is 15.8 Å². The maximum atomic E-state index is 5.71. The molecule has 1 aromatic carbocycles. The average Bonchev–Trinajstić information content (AvgIpc) is 2.33. The topological polar surface area (TPSA) is 47.3 Å². The van der Waals surface area contributed by atoms with Crippen LogP contribution in [-0.2, 0) is 6.54 Å². The third-order valence-corrected chi connectivity index (χ3v) is 2.85. The van der Waals surface area contributed by atoms with Crippen LogP contribution in [0.2, 0.25) is 0 Å². The zero-order valence-electron chi connectivity index (χ0n) is 10.3. The number of rotatable bonds is 8. The van der Waals surface area contributed by atoms with Crippen molar-refractivity contribution in [2.24, 2.45) is 5.73 Å². The molecule has 3 nitrogen and oxygen atoms in total. The lowest BCUT2D eigenvalue weighted by Gasteiger charge is -2.12. The molecule has 17 heavy (non-hydrogen) atoms. The number of nitrogens with two attached hydrogens (primary N) is 1. The molecule has 0 spiro atoms. The van der Waals surface area contributed by atoms with Crippen LogP contribution in [-0.4, -0.2) is 19.7 Å². The third-order valence-electron chi connectivity index (χ3n) is 2.36. The van der Waals surface area contributed by atoms with E-state index in [0.29, 0.717) is 0 Å². The second kappa shape index (κ2) is 8.50. The van der Waals surface area contributed by atoms with E-state index in [0.717, 1.165) is 49.3 Å². The average molecular weight is 301 g/mol. The summed E-state index contributed by atoms with van der Waals surface area (Å²) in [6.45, 7) is 5.36. The van der Waals surface area contributed by atoms with Crippen molar-refractivity contribution >= 4 is 15.9 Å². The van der Waals surface area contributed by atoms with Gasteiger partial charge in [0.15, 0.2) is 0 Å². The zero-order chi connectivity index (χ0) is 12.5. The molecule has 0 heterocycles. The Morgan fingerprint density at radius 3 is 2.94 bits per heavy atom. The van der Waals surface area contributed by atoms with E-state index in [1.807, 2.05) is 12.1 Å². The normalized spacial score (nSPS) is 10.5. The fourth-order valence-electron chi connectivity index (χ4n) is 1.49. The van der Waals surface area contributed by atoms with Crippen molar-refractivity contribution < 1.29 is 4.74 Å². The van der Waals surface area contributed by atoms with Gasteiger partial charge in [0, 0.05) is 16.6 Å². The van der Waals surface area contributed by atoms with Gasteiger partial charge in [-0.15, -0.1) is 0 Å². The lowest BCUT2D eigenvalue weighted by atomic mass is 10.2. The van der Waals surface area contributed by atoms with Gasteiger partial charge in [0.1, 0.15) is 5.75 Å². The van der Waals surface area contributed by atoms with Gasteiger partial charge in [-0.3, -0.25) is 0 Å². The Bertz CT molecular complexity index is 331. The lowest BCUT2D eigenvalue weighted by Crippen LogP contribution is -2.18. The first kappa shape index (κ1) is 14.5. The van der Waals surface area contributed by atoms with E-state index >= 15 is 0 Å². The number of ether oxygens (including phenoxy) is 1. The summed E-state index contributed by atoms with van der Waals surface area (Å²) in [5.74, 6) is 0.968. The molecule has 0 saturated carbocycles. The minimum atomic E-state index is 0.727. The molecule has 1 aromatic rings. The van der Waals surface area contributed by atoms with E-state index in [2.05, 4.69) is 34.2 Å². The molecule has 0 bridgehead atoms. The zero-order valence-corrected chi connectivity index (χ0v) is 11.9. The minimum Gasteiger partial charge on any atom is -0.493 e. The number of halogens is 1. The maximum Gasteiger partial charge on any atom is 0.123 e. The van der Waals surface area contributed by atoms with Crippen molar-refractivity contribution in [2.45, 2.75) is 26.3 Å². The van der Waals surface area contributed by atoms with E-state index in [9.17, 15) is 0 Å². The predicted octanol–water partition coefficient (Wildman–Crippen LogP) is 2.68. The highest BCUT2D eigenvalue weighted by Gasteiger charge is 2.04. The third kappa shape index (κ3) is 5.52. The summed E-state index contributed by atoms with van der Waals surface area (Å²) in [6, 6.07) is 6.12. The molecule has 96 valence electrons. The summed E-state index contributed by atoms with van der Waals surface area (Å²) >= 11 is 3.48. The van der Waals surface area contributed by atoms with E-state index in [-0.39, 0.29) is 0 Å². The summed E-state index contributed by atoms with van der Waals surface area (Å²) < 4.78 is 6.79. The SMILES string of the molecule is CCCOc1ccc(Br)cc1CNCCCN. The Hall–Kier alpha value is -0.580. The number of benzene rings is 1. The standard InChI is InChI=1S/C13H21BrN2O/c1-2-8-17-13-5-4-12(14)9-11(13)10-16-7-3-6-15/h4-5,9,16H,2-3,6-8,10,15H2,1H3. The van der Waals surface area contributed by atoms with Gasteiger partial charge in [-0.2, -0.15) is 0 Å². The van der Waals surface area contributed by atoms with Crippen molar-refractivity contribution in [3.8, 4) is 5.75 Å². The number of hydrogen-bond donors (Lipinski definition) is 2. The van der Waals surface area contributed by atoms with Crippen molar-refractivity contribution in [3.63, 3.8) is 0 Å². The van der Waals surface area contributed by atoms with Crippen molar-refractivity contribution in [2.75, 3.05) is 19.7 Å². The van der Waals surface area contributed by atoms with Crippen LogP contribution in [0.1, 0.15) is 25.3 Å². The van der Waals surface area contributed by atoms with Gasteiger partial charge >= 0.3 is 0 Å². The molecule has 0 fully saturated rings. The van der Waals surface area contributed by atoms with Gasteiger partial charge in [0.2, 0.25) is 0 Å². The summed E-state index contributed by atoms with van der Waals surface area (Å²) in [5.41, 5.74) is 6.64. The lowest BCUT2D eigenvalue weighted by molar-refractivity contribution is 0.313. The van der Waals surface area contributed by atoms with Crippen LogP contribution in [0.15, 0.2) is 22.7 Å². The molecule has 0 aliphatic heterocycles. The van der Waals surface area contributed by atoms with Crippen LogP contribution in [0, 0.1) is 0 Å². The number of hydrogen-bond acceptors (Lipinski definition) is 3. The summed E-state index contributed by atoms with van der Waals surface area (Å²) in [7, 11) is 0. The van der Waals surface area contributed by atoms with Crippen LogP contribution in [0.3, 0.4) is 0 Å². The van der Waals surface area contributed by atoms with Crippen LogP contribution >= 0.6 is 15.9 Å². The molecule has 0 aliphatic rings. The molecule has 0 radical (unpaired) electrons.